The van der Waals surface area contributed by atoms with E-state index in [9.17, 15) is 4.79 Å². The second kappa shape index (κ2) is 4.33. The Balaban J connectivity index is 1.67. The third-order valence-corrected chi connectivity index (χ3v) is 3.18. The monoisotopic (exact) mass is 245 g/mol. The van der Waals surface area contributed by atoms with Gasteiger partial charge in [-0.25, -0.2) is 4.99 Å². The summed E-state index contributed by atoms with van der Waals surface area (Å²) in [6.45, 7) is 0.486. The first-order valence-corrected chi connectivity index (χ1v) is 6.09. The third kappa shape index (κ3) is 2.30. The molecule has 1 saturated carbocycles. The lowest BCUT2D eigenvalue weighted by Gasteiger charge is -2.08. The summed E-state index contributed by atoms with van der Waals surface area (Å²) in [4.78, 5) is 15.8. The maximum absolute atomic E-state index is 11.6. The molecule has 1 heterocycles. The highest BCUT2D eigenvalue weighted by molar-refractivity contribution is 5.94. The Kier molecular flexibility index (Phi) is 2.66. The van der Waals surface area contributed by atoms with E-state index in [2.05, 4.69) is 10.3 Å². The summed E-state index contributed by atoms with van der Waals surface area (Å²) in [5.74, 6) is 0.339. The van der Waals surface area contributed by atoms with Crippen LogP contribution < -0.4 is 11.1 Å². The number of amides is 1. The molecule has 5 nitrogen and oxygen atoms in total. The Morgan fingerprint density at radius 3 is 2.61 bits per heavy atom. The molecule has 1 unspecified atom stereocenters. The lowest BCUT2D eigenvalue weighted by molar-refractivity contribution is -0.117. The first-order chi connectivity index (χ1) is 8.72. The van der Waals surface area contributed by atoms with Crippen LogP contribution in [0.4, 0.5) is 5.69 Å². The number of nitrogens with two attached hydrogens (primary N) is 1. The molecule has 1 aromatic carbocycles. The predicted molar refractivity (Wildman–Crippen MR) is 68.1 cm³/mol. The van der Waals surface area contributed by atoms with Crippen molar-refractivity contribution >= 4 is 17.6 Å². The van der Waals surface area contributed by atoms with E-state index in [1.54, 1.807) is 0 Å². The van der Waals surface area contributed by atoms with Gasteiger partial charge in [0, 0.05) is 11.6 Å². The second-order valence-corrected chi connectivity index (χ2v) is 4.68. The average molecular weight is 245 g/mol. The van der Waals surface area contributed by atoms with E-state index in [0.717, 1.165) is 24.1 Å². The van der Waals surface area contributed by atoms with Gasteiger partial charge in [0.2, 0.25) is 5.91 Å². The number of carbonyl (C=O) groups excluding carboxylic acids is 1. The van der Waals surface area contributed by atoms with Crippen molar-refractivity contribution in [3.05, 3.63) is 29.8 Å². The molecule has 1 aromatic rings. The Bertz CT molecular complexity index is 491. The summed E-state index contributed by atoms with van der Waals surface area (Å²) in [5, 5.41) is 2.90. The lowest BCUT2D eigenvalue weighted by Crippen LogP contribution is -2.13. The quantitative estimate of drug-likeness (QED) is 0.845. The first-order valence-electron chi connectivity index (χ1n) is 6.09. The Morgan fingerprint density at radius 2 is 2.06 bits per heavy atom. The Labute approximate surface area is 105 Å². The molecule has 0 aromatic heterocycles. The number of nitrogens with zero attached hydrogens (tertiary/aromatic N) is 1. The largest absolute Gasteiger partial charge is 0.463 e. The zero-order chi connectivity index (χ0) is 12.5. The SMILES string of the molecule is NC1=NC(c2ccc(NC(=O)C3CC3)cc2)CO1. The van der Waals surface area contributed by atoms with E-state index in [0.29, 0.717) is 6.61 Å². The van der Waals surface area contributed by atoms with Gasteiger partial charge in [-0.1, -0.05) is 12.1 Å². The zero-order valence-corrected chi connectivity index (χ0v) is 9.93. The fourth-order valence-electron chi connectivity index (χ4n) is 1.94. The Hall–Kier alpha value is -2.04. The maximum Gasteiger partial charge on any atom is 0.282 e. The van der Waals surface area contributed by atoms with Crippen molar-refractivity contribution < 1.29 is 9.53 Å². The van der Waals surface area contributed by atoms with Gasteiger partial charge in [-0.2, -0.15) is 0 Å². The molecule has 1 amide bonds. The molecule has 3 N–H and O–H groups in total. The van der Waals surface area contributed by atoms with Gasteiger partial charge in [0.05, 0.1) is 0 Å². The predicted octanol–water partition coefficient (Wildman–Crippen LogP) is 1.42. The minimum Gasteiger partial charge on any atom is -0.463 e. The number of aliphatic imine (C=N–C) groups is 1. The molecule has 1 aliphatic carbocycles. The molecule has 0 radical (unpaired) electrons. The van der Waals surface area contributed by atoms with Crippen LogP contribution in [0.1, 0.15) is 24.4 Å². The molecule has 0 saturated heterocycles. The molecule has 1 fully saturated rings. The first kappa shape index (κ1) is 11.1. The highest BCUT2D eigenvalue weighted by atomic mass is 16.5. The van der Waals surface area contributed by atoms with E-state index in [4.69, 9.17) is 10.5 Å². The van der Waals surface area contributed by atoms with Crippen molar-refractivity contribution in [1.82, 2.24) is 0 Å². The summed E-state index contributed by atoms with van der Waals surface area (Å²) in [5.41, 5.74) is 7.34. The topological polar surface area (TPSA) is 76.7 Å². The second-order valence-electron chi connectivity index (χ2n) is 4.68. The third-order valence-electron chi connectivity index (χ3n) is 3.18. The number of hydrogen-bond acceptors (Lipinski definition) is 4. The van der Waals surface area contributed by atoms with E-state index < -0.39 is 0 Å². The van der Waals surface area contributed by atoms with Crippen molar-refractivity contribution in [2.75, 3.05) is 11.9 Å². The van der Waals surface area contributed by atoms with Crippen molar-refractivity contribution in [3.63, 3.8) is 0 Å². The van der Waals surface area contributed by atoms with Gasteiger partial charge in [-0.3, -0.25) is 4.79 Å². The molecule has 0 spiro atoms. The molecular weight excluding hydrogens is 230 g/mol. The Morgan fingerprint density at radius 1 is 1.33 bits per heavy atom. The zero-order valence-electron chi connectivity index (χ0n) is 9.93. The van der Waals surface area contributed by atoms with Crippen molar-refractivity contribution in [2.24, 2.45) is 16.6 Å². The highest BCUT2D eigenvalue weighted by Gasteiger charge is 2.29. The van der Waals surface area contributed by atoms with Crippen LogP contribution in [0.25, 0.3) is 0 Å². The molecule has 0 bridgehead atoms. The smallest absolute Gasteiger partial charge is 0.282 e. The number of hydrogen-bond donors (Lipinski definition) is 2. The minimum absolute atomic E-state index is 0.0295. The van der Waals surface area contributed by atoms with Crippen molar-refractivity contribution in [3.8, 4) is 0 Å². The molecule has 5 heteroatoms. The van der Waals surface area contributed by atoms with Gasteiger partial charge >= 0.3 is 0 Å². The number of benzene rings is 1. The van der Waals surface area contributed by atoms with Gasteiger partial charge in [0.1, 0.15) is 12.6 Å². The average Bonchev–Trinajstić information content (AvgIpc) is 3.13. The van der Waals surface area contributed by atoms with Crippen LogP contribution >= 0.6 is 0 Å². The van der Waals surface area contributed by atoms with E-state index >= 15 is 0 Å². The molecule has 2 aliphatic rings. The minimum atomic E-state index is -0.0295. The van der Waals surface area contributed by atoms with Gasteiger partial charge in [0.25, 0.3) is 6.02 Å². The van der Waals surface area contributed by atoms with Crippen LogP contribution in [0.2, 0.25) is 0 Å². The molecule has 3 rings (SSSR count). The van der Waals surface area contributed by atoms with Gasteiger partial charge in [-0.05, 0) is 30.5 Å². The molecule has 1 atom stereocenters. The molecule has 1 aliphatic heterocycles. The number of rotatable bonds is 3. The van der Waals surface area contributed by atoms with Crippen LogP contribution in [0, 0.1) is 5.92 Å². The summed E-state index contributed by atoms with van der Waals surface area (Å²) in [7, 11) is 0. The van der Waals surface area contributed by atoms with Gasteiger partial charge in [-0.15, -0.1) is 0 Å². The van der Waals surface area contributed by atoms with Crippen LogP contribution in [-0.2, 0) is 9.53 Å². The van der Waals surface area contributed by atoms with Crippen molar-refractivity contribution in [1.29, 1.82) is 0 Å². The summed E-state index contributed by atoms with van der Waals surface area (Å²) in [6.07, 6.45) is 2.02. The van der Waals surface area contributed by atoms with Crippen LogP contribution in [0.15, 0.2) is 29.3 Å². The number of anilines is 1. The van der Waals surface area contributed by atoms with Gasteiger partial charge in [0.15, 0.2) is 0 Å². The normalized spacial score (nSPS) is 22.2. The molecule has 18 heavy (non-hydrogen) atoms. The van der Waals surface area contributed by atoms with E-state index in [1.807, 2.05) is 24.3 Å². The molecular formula is C13H15N3O2. The fourth-order valence-corrected chi connectivity index (χ4v) is 1.94. The maximum atomic E-state index is 11.6. The number of ether oxygens (including phenoxy) is 1. The summed E-state index contributed by atoms with van der Waals surface area (Å²) in [6, 6.07) is 7.88. The number of nitrogens with one attached hydrogen (secondary N) is 1. The number of amidine groups is 1. The highest BCUT2D eigenvalue weighted by Crippen LogP contribution is 2.30. The number of carbonyl (C=O) groups is 1. The van der Waals surface area contributed by atoms with E-state index in [1.165, 1.54) is 0 Å². The summed E-state index contributed by atoms with van der Waals surface area (Å²) >= 11 is 0. The lowest BCUT2D eigenvalue weighted by atomic mass is 10.1. The molecule has 94 valence electrons. The summed E-state index contributed by atoms with van der Waals surface area (Å²) < 4.78 is 5.11. The van der Waals surface area contributed by atoms with Gasteiger partial charge < -0.3 is 15.8 Å². The van der Waals surface area contributed by atoms with Crippen molar-refractivity contribution in [2.45, 2.75) is 18.9 Å². The van der Waals surface area contributed by atoms with E-state index in [-0.39, 0.29) is 23.9 Å². The van der Waals surface area contributed by atoms with Crippen LogP contribution in [-0.4, -0.2) is 18.5 Å². The standard InChI is InChI=1S/C13H15N3O2/c14-13-16-11(7-18-13)8-3-5-10(6-4-8)15-12(17)9-1-2-9/h3-6,9,11H,1-2,7H2,(H2,14,16)(H,15,17). The fraction of sp³-hybridized carbons (Fsp3) is 0.385. The van der Waals surface area contributed by atoms with Crippen LogP contribution in [0.5, 0.6) is 0 Å². The van der Waals surface area contributed by atoms with Crippen LogP contribution in [0.3, 0.4) is 0 Å².